The quantitative estimate of drug-likeness (QED) is 0.852. The van der Waals surface area contributed by atoms with Crippen molar-refractivity contribution in [2.75, 3.05) is 26.7 Å². The average Bonchev–Trinajstić information content (AvgIpc) is 2.91. The molecule has 0 aromatic carbocycles. The molecular weight excluding hydrogens is 312 g/mol. The van der Waals surface area contributed by atoms with Gasteiger partial charge in [-0.25, -0.2) is 17.9 Å². The molecular formula is C13H20N2O4S2. The van der Waals surface area contributed by atoms with Crippen LogP contribution in [0.2, 0.25) is 0 Å². The minimum absolute atomic E-state index is 0.00544. The molecule has 1 aromatic heterocycles. The fourth-order valence-corrected chi connectivity index (χ4v) is 4.64. The summed E-state index contributed by atoms with van der Waals surface area (Å²) in [4.78, 5) is 13.0. The first-order valence-electron chi connectivity index (χ1n) is 6.72. The van der Waals surface area contributed by atoms with Gasteiger partial charge in [0.25, 0.3) is 0 Å². The van der Waals surface area contributed by atoms with Gasteiger partial charge < -0.3 is 10.0 Å². The van der Waals surface area contributed by atoms with Gasteiger partial charge in [0.15, 0.2) is 0 Å². The molecule has 1 fully saturated rings. The molecule has 8 heteroatoms. The molecule has 0 radical (unpaired) electrons. The summed E-state index contributed by atoms with van der Waals surface area (Å²) in [5.41, 5.74) is -0.0437. The van der Waals surface area contributed by atoms with Crippen molar-refractivity contribution in [3.05, 3.63) is 17.0 Å². The number of likely N-dealkylation sites (tertiary alicyclic amines) is 1. The molecule has 0 saturated carbocycles. The summed E-state index contributed by atoms with van der Waals surface area (Å²) in [6, 6.07) is 1.20. The molecule has 0 spiro atoms. The van der Waals surface area contributed by atoms with Gasteiger partial charge in [0.1, 0.15) is 4.21 Å². The first-order chi connectivity index (χ1) is 9.72. The van der Waals surface area contributed by atoms with Crippen LogP contribution in [-0.2, 0) is 10.0 Å². The van der Waals surface area contributed by atoms with Crippen LogP contribution in [0.25, 0.3) is 0 Å². The minimum atomic E-state index is -3.63. The van der Waals surface area contributed by atoms with Gasteiger partial charge in [-0.15, -0.1) is 11.3 Å². The van der Waals surface area contributed by atoms with Gasteiger partial charge in [-0.2, -0.15) is 0 Å². The third-order valence-corrected chi connectivity index (χ3v) is 6.81. The van der Waals surface area contributed by atoms with E-state index in [4.69, 9.17) is 5.11 Å². The Balaban J connectivity index is 2.02. The second-order valence-electron chi connectivity index (χ2n) is 5.90. The van der Waals surface area contributed by atoms with Crippen LogP contribution in [0.1, 0.15) is 30.1 Å². The maximum atomic E-state index is 12.2. The molecule has 0 atom stereocenters. The van der Waals surface area contributed by atoms with Crippen molar-refractivity contribution in [2.45, 2.75) is 24.0 Å². The molecule has 1 aromatic rings. The Labute approximate surface area is 128 Å². The Hall–Kier alpha value is -0.960. The van der Waals surface area contributed by atoms with Crippen LogP contribution in [0.15, 0.2) is 15.7 Å². The molecule has 6 nitrogen and oxygen atoms in total. The number of hydrogen-bond acceptors (Lipinski definition) is 5. The van der Waals surface area contributed by atoms with Crippen molar-refractivity contribution in [1.82, 2.24) is 9.62 Å². The third-order valence-electron chi connectivity index (χ3n) is 3.97. The standard InChI is InChI=1S/C13H20N2O4S2/c1-13(3-5-15(2)6-4-13)9-14-21(18,19)11-7-10(8-20-11)12(16)17/h7-8,14H,3-6,9H2,1-2H3,(H,16,17). The van der Waals surface area contributed by atoms with E-state index >= 15 is 0 Å². The second kappa shape index (κ2) is 6.04. The zero-order chi connectivity index (χ0) is 15.7. The lowest BCUT2D eigenvalue weighted by molar-refractivity contribution is 0.0697. The van der Waals surface area contributed by atoms with E-state index in [-0.39, 0.29) is 15.2 Å². The molecule has 2 rings (SSSR count). The van der Waals surface area contributed by atoms with E-state index in [9.17, 15) is 13.2 Å². The number of carboxylic acids is 1. The lowest BCUT2D eigenvalue weighted by atomic mass is 9.81. The predicted octanol–water partition coefficient (Wildman–Crippen LogP) is 1.46. The van der Waals surface area contributed by atoms with Crippen LogP contribution < -0.4 is 4.72 Å². The van der Waals surface area contributed by atoms with E-state index in [1.54, 1.807) is 0 Å². The van der Waals surface area contributed by atoms with Crippen molar-refractivity contribution < 1.29 is 18.3 Å². The van der Waals surface area contributed by atoms with E-state index in [0.29, 0.717) is 6.54 Å². The number of carboxylic acid groups (broad SMARTS) is 1. The summed E-state index contributed by atoms with van der Waals surface area (Å²) in [6.45, 7) is 4.38. The number of hydrogen-bond donors (Lipinski definition) is 2. The summed E-state index contributed by atoms with van der Waals surface area (Å²) in [5, 5.41) is 10.2. The van der Waals surface area contributed by atoms with E-state index in [0.717, 1.165) is 37.3 Å². The van der Waals surface area contributed by atoms with Crippen LogP contribution in [0.4, 0.5) is 0 Å². The van der Waals surface area contributed by atoms with Crippen molar-refractivity contribution in [2.24, 2.45) is 5.41 Å². The third kappa shape index (κ3) is 4.03. The summed E-state index contributed by atoms with van der Waals surface area (Å²) >= 11 is 0.931. The lowest BCUT2D eigenvalue weighted by Crippen LogP contribution is -2.43. The normalized spacial score (nSPS) is 19.5. The number of nitrogens with one attached hydrogen (secondary N) is 1. The Morgan fingerprint density at radius 3 is 2.62 bits per heavy atom. The molecule has 2 N–H and O–H groups in total. The van der Waals surface area contributed by atoms with Crippen LogP contribution in [-0.4, -0.2) is 51.1 Å². The van der Waals surface area contributed by atoms with Crippen molar-refractivity contribution in [3.8, 4) is 0 Å². The van der Waals surface area contributed by atoms with Gasteiger partial charge in [-0.3, -0.25) is 0 Å². The molecule has 0 bridgehead atoms. The monoisotopic (exact) mass is 332 g/mol. The molecule has 1 aliphatic heterocycles. The van der Waals surface area contributed by atoms with Gasteiger partial charge in [0, 0.05) is 11.9 Å². The van der Waals surface area contributed by atoms with E-state index in [1.165, 1.54) is 11.4 Å². The molecule has 0 unspecified atom stereocenters. The van der Waals surface area contributed by atoms with Gasteiger partial charge in [0.05, 0.1) is 5.56 Å². The Morgan fingerprint density at radius 2 is 2.10 bits per heavy atom. The molecule has 2 heterocycles. The van der Waals surface area contributed by atoms with Crippen LogP contribution in [0.3, 0.4) is 0 Å². The van der Waals surface area contributed by atoms with Gasteiger partial charge in [-0.1, -0.05) is 6.92 Å². The van der Waals surface area contributed by atoms with Crippen molar-refractivity contribution >= 4 is 27.3 Å². The highest BCUT2D eigenvalue weighted by molar-refractivity contribution is 7.91. The molecule has 118 valence electrons. The van der Waals surface area contributed by atoms with Crippen LogP contribution in [0, 0.1) is 5.41 Å². The Bertz CT molecular complexity index is 616. The van der Waals surface area contributed by atoms with Gasteiger partial charge >= 0.3 is 5.97 Å². The molecule has 21 heavy (non-hydrogen) atoms. The maximum absolute atomic E-state index is 12.2. The minimum Gasteiger partial charge on any atom is -0.478 e. The summed E-state index contributed by atoms with van der Waals surface area (Å²) in [6.07, 6.45) is 1.88. The van der Waals surface area contributed by atoms with Gasteiger partial charge in [0.2, 0.25) is 10.0 Å². The largest absolute Gasteiger partial charge is 0.478 e. The number of aromatic carboxylic acids is 1. The highest BCUT2D eigenvalue weighted by Gasteiger charge is 2.31. The zero-order valence-electron chi connectivity index (χ0n) is 12.1. The summed E-state index contributed by atoms with van der Waals surface area (Å²) in [5.74, 6) is -1.12. The lowest BCUT2D eigenvalue weighted by Gasteiger charge is -2.37. The second-order valence-corrected chi connectivity index (χ2v) is 8.80. The molecule has 1 aliphatic rings. The fourth-order valence-electron chi connectivity index (χ4n) is 2.25. The zero-order valence-corrected chi connectivity index (χ0v) is 13.8. The molecule has 0 aliphatic carbocycles. The van der Waals surface area contributed by atoms with Crippen LogP contribution in [0.5, 0.6) is 0 Å². The number of piperidine rings is 1. The van der Waals surface area contributed by atoms with E-state index < -0.39 is 16.0 Å². The fraction of sp³-hybridized carbons (Fsp3) is 0.615. The first-order valence-corrected chi connectivity index (χ1v) is 9.08. The van der Waals surface area contributed by atoms with Crippen molar-refractivity contribution in [1.29, 1.82) is 0 Å². The van der Waals surface area contributed by atoms with E-state index in [1.807, 2.05) is 0 Å². The number of carbonyl (C=O) groups is 1. The SMILES string of the molecule is CN1CCC(C)(CNS(=O)(=O)c2cc(C(=O)O)cs2)CC1. The average molecular weight is 332 g/mol. The maximum Gasteiger partial charge on any atom is 0.336 e. The predicted molar refractivity (Wildman–Crippen MR) is 81.3 cm³/mol. The van der Waals surface area contributed by atoms with Crippen LogP contribution >= 0.6 is 11.3 Å². The van der Waals surface area contributed by atoms with E-state index in [2.05, 4.69) is 23.6 Å². The van der Waals surface area contributed by atoms with Crippen molar-refractivity contribution in [3.63, 3.8) is 0 Å². The Kier molecular flexibility index (Phi) is 4.72. The molecule has 0 amide bonds. The number of sulfonamides is 1. The number of nitrogens with zero attached hydrogens (tertiary/aromatic N) is 1. The number of rotatable bonds is 5. The number of thiophene rings is 1. The van der Waals surface area contributed by atoms with Gasteiger partial charge in [-0.05, 0) is 44.5 Å². The highest BCUT2D eigenvalue weighted by atomic mass is 32.2. The first kappa shape index (κ1) is 16.4. The Morgan fingerprint density at radius 1 is 1.48 bits per heavy atom. The molecule has 1 saturated heterocycles. The summed E-state index contributed by atoms with van der Waals surface area (Å²) < 4.78 is 27.1. The highest BCUT2D eigenvalue weighted by Crippen LogP contribution is 2.30. The topological polar surface area (TPSA) is 86.7 Å². The summed E-state index contributed by atoms with van der Waals surface area (Å²) in [7, 11) is -1.57. The smallest absolute Gasteiger partial charge is 0.336 e.